The van der Waals surface area contributed by atoms with Crippen LogP contribution in [-0.4, -0.2) is 56.6 Å². The van der Waals surface area contributed by atoms with Crippen LogP contribution in [0.3, 0.4) is 0 Å². The van der Waals surface area contributed by atoms with Gasteiger partial charge in [0, 0.05) is 19.5 Å². The van der Waals surface area contributed by atoms with Gasteiger partial charge in [-0.15, -0.1) is 0 Å². The Kier molecular flexibility index (Phi) is 5.24. The van der Waals surface area contributed by atoms with E-state index in [0.29, 0.717) is 6.42 Å². The third-order valence-electron chi connectivity index (χ3n) is 2.23. The molecular weight excluding hydrogens is 278 g/mol. The van der Waals surface area contributed by atoms with Crippen LogP contribution in [0.4, 0.5) is 0 Å². The first-order valence-corrected chi connectivity index (χ1v) is 7.37. The van der Waals surface area contributed by atoms with Crippen molar-refractivity contribution in [2.45, 2.75) is 18.9 Å². The highest BCUT2D eigenvalue weighted by molar-refractivity contribution is 7.88. The number of hydrogen-bond donors (Lipinski definition) is 3. The van der Waals surface area contributed by atoms with Gasteiger partial charge in [-0.3, -0.25) is 4.79 Å². The standard InChI is InChI=1S/C9H15N3O6S/c1-19(16,17)11-4-2-3-10-8(13)7-5-6(9(14)15)12-18-7/h7,11H,2-5H2,1H3,(H,10,13)(H,14,15). The average molecular weight is 293 g/mol. The first-order chi connectivity index (χ1) is 8.79. The van der Waals surface area contributed by atoms with E-state index in [0.717, 1.165) is 6.26 Å². The van der Waals surface area contributed by atoms with E-state index in [9.17, 15) is 18.0 Å². The molecule has 0 radical (unpaired) electrons. The van der Waals surface area contributed by atoms with E-state index in [-0.39, 0.29) is 25.2 Å². The lowest BCUT2D eigenvalue weighted by Gasteiger charge is -2.09. The molecule has 0 fully saturated rings. The molecule has 0 spiro atoms. The predicted molar refractivity (Wildman–Crippen MR) is 65.0 cm³/mol. The normalized spacial score (nSPS) is 18.6. The van der Waals surface area contributed by atoms with Crippen LogP contribution < -0.4 is 10.0 Å². The van der Waals surface area contributed by atoms with Crippen molar-refractivity contribution in [1.82, 2.24) is 10.0 Å². The molecule has 1 unspecified atom stereocenters. The maximum atomic E-state index is 11.5. The molecule has 1 rings (SSSR count). The number of hydrogen-bond acceptors (Lipinski definition) is 6. The van der Waals surface area contributed by atoms with Gasteiger partial charge in [-0.05, 0) is 6.42 Å². The number of aliphatic carboxylic acids is 1. The second-order valence-electron chi connectivity index (χ2n) is 3.95. The summed E-state index contributed by atoms with van der Waals surface area (Å²) in [6.07, 6.45) is 0.442. The first-order valence-electron chi connectivity index (χ1n) is 5.48. The van der Waals surface area contributed by atoms with Crippen LogP contribution in [0.1, 0.15) is 12.8 Å². The minimum absolute atomic E-state index is 0.0806. The van der Waals surface area contributed by atoms with Crippen molar-refractivity contribution in [3.05, 3.63) is 0 Å². The van der Waals surface area contributed by atoms with Gasteiger partial charge in [-0.1, -0.05) is 5.16 Å². The largest absolute Gasteiger partial charge is 0.477 e. The average Bonchev–Trinajstić information content (AvgIpc) is 2.76. The van der Waals surface area contributed by atoms with Crippen molar-refractivity contribution in [3.63, 3.8) is 0 Å². The third kappa shape index (κ3) is 5.66. The topological polar surface area (TPSA) is 134 Å². The number of carboxylic acid groups (broad SMARTS) is 1. The lowest BCUT2D eigenvalue weighted by Crippen LogP contribution is -2.37. The fourth-order valence-electron chi connectivity index (χ4n) is 1.32. The molecule has 1 amide bonds. The zero-order chi connectivity index (χ0) is 14.5. The number of carboxylic acids is 1. The first kappa shape index (κ1) is 15.4. The Hall–Kier alpha value is -1.68. The zero-order valence-electron chi connectivity index (χ0n) is 10.2. The molecule has 10 heteroatoms. The van der Waals surface area contributed by atoms with Crippen LogP contribution in [0, 0.1) is 0 Å². The zero-order valence-corrected chi connectivity index (χ0v) is 11.1. The summed E-state index contributed by atoms with van der Waals surface area (Å²) in [5.74, 6) is -1.69. The van der Waals surface area contributed by atoms with Gasteiger partial charge >= 0.3 is 5.97 Å². The molecule has 0 saturated carbocycles. The van der Waals surface area contributed by atoms with E-state index >= 15 is 0 Å². The van der Waals surface area contributed by atoms with Gasteiger partial charge in [0.15, 0.2) is 5.71 Å². The number of amides is 1. The number of carbonyl (C=O) groups excluding carboxylic acids is 1. The fraction of sp³-hybridized carbons (Fsp3) is 0.667. The Morgan fingerprint density at radius 2 is 2.16 bits per heavy atom. The summed E-state index contributed by atoms with van der Waals surface area (Å²) >= 11 is 0. The van der Waals surface area contributed by atoms with Crippen LogP contribution in [0.2, 0.25) is 0 Å². The molecular formula is C9H15N3O6S. The van der Waals surface area contributed by atoms with E-state index in [4.69, 9.17) is 5.11 Å². The molecule has 9 nitrogen and oxygen atoms in total. The van der Waals surface area contributed by atoms with Gasteiger partial charge in [-0.2, -0.15) is 0 Å². The molecule has 0 aliphatic carbocycles. The van der Waals surface area contributed by atoms with Gasteiger partial charge in [0.1, 0.15) is 0 Å². The van der Waals surface area contributed by atoms with Crippen molar-refractivity contribution >= 4 is 27.6 Å². The second-order valence-corrected chi connectivity index (χ2v) is 5.79. The Morgan fingerprint density at radius 3 is 2.68 bits per heavy atom. The van der Waals surface area contributed by atoms with Crippen molar-refractivity contribution < 1.29 is 28.0 Å². The Bertz CT molecular complexity index is 486. The number of oxime groups is 1. The molecule has 0 saturated heterocycles. The molecule has 1 aliphatic heterocycles. The van der Waals surface area contributed by atoms with Crippen LogP contribution in [0.5, 0.6) is 0 Å². The van der Waals surface area contributed by atoms with Gasteiger partial charge in [0.05, 0.1) is 6.26 Å². The quantitative estimate of drug-likeness (QED) is 0.478. The number of nitrogens with one attached hydrogen (secondary N) is 2. The molecule has 1 aliphatic rings. The highest BCUT2D eigenvalue weighted by atomic mass is 32.2. The van der Waals surface area contributed by atoms with Crippen LogP contribution in [0.15, 0.2) is 5.16 Å². The number of nitrogens with zero attached hydrogens (tertiary/aromatic N) is 1. The summed E-state index contributed by atoms with van der Waals surface area (Å²) in [6, 6.07) is 0. The minimum atomic E-state index is -3.23. The van der Waals surface area contributed by atoms with E-state index < -0.39 is 28.0 Å². The van der Waals surface area contributed by atoms with Gasteiger partial charge in [-0.25, -0.2) is 17.9 Å². The monoisotopic (exact) mass is 293 g/mol. The fourth-order valence-corrected chi connectivity index (χ4v) is 1.83. The molecule has 19 heavy (non-hydrogen) atoms. The summed E-state index contributed by atoms with van der Waals surface area (Å²) in [5, 5.41) is 14.4. The van der Waals surface area contributed by atoms with Crippen LogP contribution in [0.25, 0.3) is 0 Å². The van der Waals surface area contributed by atoms with E-state index in [1.54, 1.807) is 0 Å². The van der Waals surface area contributed by atoms with Gasteiger partial charge in [0.2, 0.25) is 16.1 Å². The second kappa shape index (κ2) is 6.48. The van der Waals surface area contributed by atoms with E-state index in [1.165, 1.54) is 0 Å². The molecule has 1 atom stereocenters. The molecule has 1 heterocycles. The van der Waals surface area contributed by atoms with Crippen molar-refractivity contribution in [2.75, 3.05) is 19.3 Å². The Balaban J connectivity index is 2.18. The van der Waals surface area contributed by atoms with Gasteiger partial charge in [0.25, 0.3) is 5.91 Å². The van der Waals surface area contributed by atoms with E-state index in [1.807, 2.05) is 0 Å². The summed E-state index contributed by atoms with van der Waals surface area (Å²) in [4.78, 5) is 26.8. The van der Waals surface area contributed by atoms with Crippen LogP contribution in [-0.2, 0) is 24.4 Å². The SMILES string of the molecule is CS(=O)(=O)NCCCNC(=O)C1CC(C(=O)O)=NO1. The highest BCUT2D eigenvalue weighted by Crippen LogP contribution is 2.10. The van der Waals surface area contributed by atoms with Crippen molar-refractivity contribution in [3.8, 4) is 0 Å². The van der Waals surface area contributed by atoms with Gasteiger partial charge < -0.3 is 15.3 Å². The number of sulfonamides is 1. The van der Waals surface area contributed by atoms with Crippen LogP contribution >= 0.6 is 0 Å². The summed E-state index contributed by atoms with van der Waals surface area (Å²) < 4.78 is 23.8. The molecule has 0 aromatic rings. The molecule has 108 valence electrons. The number of carbonyl (C=O) groups is 2. The summed E-state index contributed by atoms with van der Waals surface area (Å²) in [7, 11) is -3.23. The molecule has 0 bridgehead atoms. The lowest BCUT2D eigenvalue weighted by atomic mass is 10.1. The maximum absolute atomic E-state index is 11.5. The number of rotatable bonds is 7. The Morgan fingerprint density at radius 1 is 1.47 bits per heavy atom. The minimum Gasteiger partial charge on any atom is -0.477 e. The van der Waals surface area contributed by atoms with Crippen molar-refractivity contribution in [2.24, 2.45) is 5.16 Å². The van der Waals surface area contributed by atoms with Crippen molar-refractivity contribution in [1.29, 1.82) is 0 Å². The molecule has 3 N–H and O–H groups in total. The smallest absolute Gasteiger partial charge is 0.353 e. The summed E-state index contributed by atoms with van der Waals surface area (Å²) in [5.41, 5.74) is -0.195. The maximum Gasteiger partial charge on any atom is 0.353 e. The van der Waals surface area contributed by atoms with E-state index in [2.05, 4.69) is 20.0 Å². The Labute approximate surface area is 110 Å². The predicted octanol–water partition coefficient (Wildman–Crippen LogP) is -1.73. The molecule has 0 aromatic heterocycles. The lowest BCUT2D eigenvalue weighted by molar-refractivity contribution is -0.131. The third-order valence-corrected chi connectivity index (χ3v) is 2.95. The summed E-state index contributed by atoms with van der Waals surface area (Å²) in [6.45, 7) is 0.463. The molecule has 0 aromatic carbocycles. The highest BCUT2D eigenvalue weighted by Gasteiger charge is 2.31.